The molecule has 2 atom stereocenters. The van der Waals surface area contributed by atoms with E-state index in [0.717, 1.165) is 12.1 Å². The van der Waals surface area contributed by atoms with Gasteiger partial charge < -0.3 is 0 Å². The van der Waals surface area contributed by atoms with Crippen molar-refractivity contribution in [2.24, 2.45) is 17.7 Å². The number of rotatable bonds is 5. The van der Waals surface area contributed by atoms with Gasteiger partial charge in [0.05, 0.1) is 0 Å². The fourth-order valence-electron chi connectivity index (χ4n) is 1.61. The topological polar surface area (TPSA) is 50.9 Å². The number of hydrogen-bond donors (Lipinski definition) is 2. The summed E-state index contributed by atoms with van der Waals surface area (Å²) in [5.74, 6) is 6.74. The van der Waals surface area contributed by atoms with Crippen LogP contribution in [0.15, 0.2) is 24.4 Å². The van der Waals surface area contributed by atoms with Gasteiger partial charge in [0.25, 0.3) is 0 Å². The van der Waals surface area contributed by atoms with Gasteiger partial charge in [-0.2, -0.15) is 0 Å². The Morgan fingerprint density at radius 3 is 2.53 bits per heavy atom. The Labute approximate surface area is 92.1 Å². The second kappa shape index (κ2) is 5.83. The summed E-state index contributed by atoms with van der Waals surface area (Å²) in [6.45, 7) is 6.65. The predicted octanol–water partition coefficient (Wildman–Crippen LogP) is 1.75. The summed E-state index contributed by atoms with van der Waals surface area (Å²) < 4.78 is 0. The minimum atomic E-state index is 0.292. The summed E-state index contributed by atoms with van der Waals surface area (Å²) in [5.41, 5.74) is 3.98. The molecule has 0 aliphatic heterocycles. The highest BCUT2D eigenvalue weighted by Crippen LogP contribution is 2.16. The van der Waals surface area contributed by atoms with Crippen LogP contribution in [-0.2, 0) is 6.42 Å². The highest BCUT2D eigenvalue weighted by molar-refractivity contribution is 5.05. The quantitative estimate of drug-likeness (QED) is 0.571. The monoisotopic (exact) mass is 207 g/mol. The number of aromatic nitrogens is 1. The lowest BCUT2D eigenvalue weighted by atomic mass is 9.88. The van der Waals surface area contributed by atoms with Gasteiger partial charge >= 0.3 is 0 Å². The summed E-state index contributed by atoms with van der Waals surface area (Å²) in [7, 11) is 0. The smallest absolute Gasteiger partial charge is 0.0419 e. The van der Waals surface area contributed by atoms with Crippen LogP contribution >= 0.6 is 0 Å². The molecule has 3 N–H and O–H groups in total. The third-order valence-electron chi connectivity index (χ3n) is 3.06. The zero-order valence-corrected chi connectivity index (χ0v) is 9.77. The molecule has 0 aliphatic carbocycles. The molecule has 1 aromatic heterocycles. The van der Waals surface area contributed by atoms with Gasteiger partial charge in [0, 0.05) is 24.4 Å². The molecule has 1 aromatic rings. The van der Waals surface area contributed by atoms with Crippen molar-refractivity contribution in [2.45, 2.75) is 33.2 Å². The van der Waals surface area contributed by atoms with Crippen molar-refractivity contribution < 1.29 is 0 Å². The molecule has 0 saturated carbocycles. The minimum Gasteiger partial charge on any atom is -0.271 e. The molecule has 84 valence electrons. The lowest BCUT2D eigenvalue weighted by Crippen LogP contribution is -2.43. The number of nitrogens with two attached hydrogens (primary N) is 1. The second-order valence-corrected chi connectivity index (χ2v) is 4.40. The molecule has 15 heavy (non-hydrogen) atoms. The summed E-state index contributed by atoms with van der Waals surface area (Å²) in [5, 5.41) is 0. The second-order valence-electron chi connectivity index (χ2n) is 4.40. The molecule has 0 fully saturated rings. The lowest BCUT2D eigenvalue weighted by Gasteiger charge is -2.26. The molecule has 3 heteroatoms. The van der Waals surface area contributed by atoms with Crippen LogP contribution < -0.4 is 11.3 Å². The predicted molar refractivity (Wildman–Crippen MR) is 63.1 cm³/mol. The Morgan fingerprint density at radius 1 is 1.33 bits per heavy atom. The van der Waals surface area contributed by atoms with Crippen molar-refractivity contribution in [1.82, 2.24) is 10.4 Å². The van der Waals surface area contributed by atoms with Crippen molar-refractivity contribution in [3.05, 3.63) is 30.1 Å². The van der Waals surface area contributed by atoms with E-state index in [9.17, 15) is 0 Å². The Morgan fingerprint density at radius 2 is 2.07 bits per heavy atom. The molecule has 1 rings (SSSR count). The van der Waals surface area contributed by atoms with E-state index in [-0.39, 0.29) is 0 Å². The molecular formula is C12H21N3. The van der Waals surface area contributed by atoms with Crippen LogP contribution in [-0.4, -0.2) is 11.0 Å². The maximum Gasteiger partial charge on any atom is 0.0419 e. The van der Waals surface area contributed by atoms with E-state index < -0.39 is 0 Å². The van der Waals surface area contributed by atoms with Gasteiger partial charge in [-0.1, -0.05) is 26.8 Å². The highest BCUT2D eigenvalue weighted by atomic mass is 15.2. The molecule has 3 nitrogen and oxygen atoms in total. The van der Waals surface area contributed by atoms with Crippen LogP contribution in [0.1, 0.15) is 26.5 Å². The third-order valence-corrected chi connectivity index (χ3v) is 3.06. The van der Waals surface area contributed by atoms with E-state index in [1.165, 1.54) is 0 Å². The summed E-state index contributed by atoms with van der Waals surface area (Å²) in [4.78, 5) is 4.31. The minimum absolute atomic E-state index is 0.292. The third kappa shape index (κ3) is 3.61. The van der Waals surface area contributed by atoms with E-state index in [4.69, 9.17) is 5.84 Å². The summed E-state index contributed by atoms with van der Waals surface area (Å²) >= 11 is 0. The van der Waals surface area contributed by atoms with Crippen LogP contribution in [0.2, 0.25) is 0 Å². The normalized spacial score (nSPS) is 15.3. The van der Waals surface area contributed by atoms with Crippen LogP contribution in [0.3, 0.4) is 0 Å². The summed E-state index contributed by atoms with van der Waals surface area (Å²) in [6.07, 6.45) is 2.71. The van der Waals surface area contributed by atoms with E-state index in [1.807, 2.05) is 24.4 Å². The zero-order chi connectivity index (χ0) is 11.3. The number of nitrogens with one attached hydrogen (secondary N) is 1. The Balaban J connectivity index is 2.62. The first kappa shape index (κ1) is 12.1. The fourth-order valence-corrected chi connectivity index (χ4v) is 1.61. The Hall–Kier alpha value is -0.930. The fraction of sp³-hybridized carbons (Fsp3) is 0.583. The first-order chi connectivity index (χ1) is 7.15. The van der Waals surface area contributed by atoms with Gasteiger partial charge in [0.2, 0.25) is 0 Å². The van der Waals surface area contributed by atoms with E-state index in [0.29, 0.717) is 17.9 Å². The van der Waals surface area contributed by atoms with E-state index in [2.05, 4.69) is 31.2 Å². The first-order valence-corrected chi connectivity index (χ1v) is 5.51. The molecular weight excluding hydrogens is 186 g/mol. The average molecular weight is 207 g/mol. The Kier molecular flexibility index (Phi) is 4.72. The van der Waals surface area contributed by atoms with Gasteiger partial charge in [-0.15, -0.1) is 0 Å². The maximum atomic E-state index is 5.58. The van der Waals surface area contributed by atoms with Crippen LogP contribution in [0.25, 0.3) is 0 Å². The van der Waals surface area contributed by atoms with Gasteiger partial charge in [0.15, 0.2) is 0 Å². The zero-order valence-electron chi connectivity index (χ0n) is 9.77. The summed E-state index contributed by atoms with van der Waals surface area (Å²) in [6, 6.07) is 6.27. The standard InChI is InChI=1S/C12H21N3/c1-9(2)10(3)12(15-13)8-11-6-4-5-7-14-11/h4-7,9-10,12,15H,8,13H2,1-3H3. The van der Waals surface area contributed by atoms with Crippen LogP contribution in [0.5, 0.6) is 0 Å². The molecule has 0 amide bonds. The van der Waals surface area contributed by atoms with Crippen LogP contribution in [0, 0.1) is 11.8 Å². The molecule has 0 radical (unpaired) electrons. The molecule has 0 bridgehead atoms. The number of pyridine rings is 1. The lowest BCUT2D eigenvalue weighted by molar-refractivity contribution is 0.298. The molecule has 0 aromatic carbocycles. The molecule has 0 aliphatic rings. The molecule has 0 spiro atoms. The van der Waals surface area contributed by atoms with Crippen molar-refractivity contribution in [3.8, 4) is 0 Å². The van der Waals surface area contributed by atoms with Gasteiger partial charge in [-0.05, 0) is 24.0 Å². The van der Waals surface area contributed by atoms with Gasteiger partial charge in [0.1, 0.15) is 0 Å². The van der Waals surface area contributed by atoms with Gasteiger partial charge in [-0.25, -0.2) is 0 Å². The van der Waals surface area contributed by atoms with Crippen molar-refractivity contribution >= 4 is 0 Å². The average Bonchev–Trinajstić information content (AvgIpc) is 2.26. The van der Waals surface area contributed by atoms with E-state index >= 15 is 0 Å². The van der Waals surface area contributed by atoms with E-state index in [1.54, 1.807) is 0 Å². The number of nitrogens with zero attached hydrogens (tertiary/aromatic N) is 1. The number of hydrogen-bond acceptors (Lipinski definition) is 3. The highest BCUT2D eigenvalue weighted by Gasteiger charge is 2.19. The van der Waals surface area contributed by atoms with Crippen molar-refractivity contribution in [3.63, 3.8) is 0 Å². The Bertz CT molecular complexity index is 271. The van der Waals surface area contributed by atoms with Gasteiger partial charge in [-0.3, -0.25) is 16.3 Å². The molecule has 1 heterocycles. The van der Waals surface area contributed by atoms with Crippen LogP contribution in [0.4, 0.5) is 0 Å². The molecule has 0 saturated heterocycles. The van der Waals surface area contributed by atoms with Crippen molar-refractivity contribution in [1.29, 1.82) is 0 Å². The van der Waals surface area contributed by atoms with Crippen molar-refractivity contribution in [2.75, 3.05) is 0 Å². The maximum absolute atomic E-state index is 5.58. The molecule has 2 unspecified atom stereocenters. The number of hydrazine groups is 1. The largest absolute Gasteiger partial charge is 0.271 e. The first-order valence-electron chi connectivity index (χ1n) is 5.51. The SMILES string of the molecule is CC(C)C(C)C(Cc1ccccn1)NN.